The van der Waals surface area contributed by atoms with Crippen LogP contribution < -0.4 is 0 Å². The second kappa shape index (κ2) is 5.53. The molecule has 2 aromatic carbocycles. The van der Waals surface area contributed by atoms with Crippen LogP contribution in [0.2, 0.25) is 15.1 Å². The molecule has 1 heterocycles. The van der Waals surface area contributed by atoms with Crippen LogP contribution in [0.3, 0.4) is 0 Å². The Morgan fingerprint density at radius 3 is 2.38 bits per heavy atom. The lowest BCUT2D eigenvalue weighted by atomic mass is 10.1. The number of nitrogens with zero attached hydrogens (tertiary/aromatic N) is 1. The molecule has 0 radical (unpaired) electrons. The first kappa shape index (κ1) is 14.7. The first-order chi connectivity index (χ1) is 9.97. The Balaban J connectivity index is 1.94. The highest BCUT2D eigenvalue weighted by Gasteiger charge is 2.33. The van der Waals surface area contributed by atoms with Gasteiger partial charge in [0.15, 0.2) is 0 Å². The number of benzene rings is 2. The Labute approximate surface area is 138 Å². The van der Waals surface area contributed by atoms with Crippen LogP contribution in [-0.2, 0) is 6.54 Å². The average Bonchev–Trinajstić information content (AvgIpc) is 2.76. The number of hydrogen-bond donors (Lipinski definition) is 0. The molecular formula is C16H12Cl3NO. The standard InChI is InChI=1S/C16H12Cl3NO/c1-9(10-2-4-12(17)5-3-10)20-8-11-6-13(18)7-14(19)15(11)16(20)21/h2-7,9H,8H2,1H3. The van der Waals surface area contributed by atoms with Crippen molar-refractivity contribution in [3.8, 4) is 0 Å². The van der Waals surface area contributed by atoms with Gasteiger partial charge in [-0.1, -0.05) is 46.9 Å². The van der Waals surface area contributed by atoms with Gasteiger partial charge in [-0.2, -0.15) is 0 Å². The molecule has 0 aromatic heterocycles. The summed E-state index contributed by atoms with van der Waals surface area (Å²) in [6.07, 6.45) is 0. The lowest BCUT2D eigenvalue weighted by molar-refractivity contribution is 0.0716. The summed E-state index contributed by atoms with van der Waals surface area (Å²) < 4.78 is 0. The molecule has 1 aliphatic heterocycles. The summed E-state index contributed by atoms with van der Waals surface area (Å²) in [5.74, 6) is -0.0610. The van der Waals surface area contributed by atoms with E-state index in [4.69, 9.17) is 34.8 Å². The van der Waals surface area contributed by atoms with Crippen molar-refractivity contribution in [2.45, 2.75) is 19.5 Å². The van der Waals surface area contributed by atoms with E-state index in [1.165, 1.54) is 0 Å². The van der Waals surface area contributed by atoms with E-state index in [2.05, 4.69) is 0 Å². The van der Waals surface area contributed by atoms with Crippen LogP contribution in [0.1, 0.15) is 34.5 Å². The highest BCUT2D eigenvalue weighted by atomic mass is 35.5. The van der Waals surface area contributed by atoms with E-state index in [0.717, 1.165) is 11.1 Å². The monoisotopic (exact) mass is 339 g/mol. The van der Waals surface area contributed by atoms with Crippen LogP contribution in [0, 0.1) is 0 Å². The molecule has 1 unspecified atom stereocenters. The van der Waals surface area contributed by atoms with Gasteiger partial charge in [-0.05, 0) is 42.3 Å². The summed E-state index contributed by atoms with van der Waals surface area (Å²) in [5, 5.41) is 1.64. The average molecular weight is 341 g/mol. The van der Waals surface area contributed by atoms with Crippen molar-refractivity contribution in [2.24, 2.45) is 0 Å². The normalized spacial score (nSPS) is 15.2. The van der Waals surface area contributed by atoms with Gasteiger partial charge in [-0.25, -0.2) is 0 Å². The van der Waals surface area contributed by atoms with Crippen LogP contribution in [0.4, 0.5) is 0 Å². The highest BCUT2D eigenvalue weighted by Crippen LogP contribution is 2.36. The topological polar surface area (TPSA) is 20.3 Å². The summed E-state index contributed by atoms with van der Waals surface area (Å²) in [5.41, 5.74) is 2.46. The zero-order chi connectivity index (χ0) is 15.1. The van der Waals surface area contributed by atoms with Gasteiger partial charge < -0.3 is 4.90 Å². The quantitative estimate of drug-likeness (QED) is 0.720. The van der Waals surface area contributed by atoms with Crippen molar-refractivity contribution in [3.63, 3.8) is 0 Å². The van der Waals surface area contributed by atoms with Gasteiger partial charge in [0.1, 0.15) is 0 Å². The number of fused-ring (bicyclic) bond motifs is 1. The summed E-state index contributed by atoms with van der Waals surface area (Å²) >= 11 is 18.1. The number of amides is 1. The molecule has 1 amide bonds. The van der Waals surface area contributed by atoms with Crippen LogP contribution in [0.15, 0.2) is 36.4 Å². The van der Waals surface area contributed by atoms with Crippen molar-refractivity contribution in [3.05, 3.63) is 68.2 Å². The molecule has 1 aliphatic rings. The van der Waals surface area contributed by atoms with Crippen molar-refractivity contribution < 1.29 is 4.79 Å². The van der Waals surface area contributed by atoms with Gasteiger partial charge >= 0.3 is 0 Å². The molecule has 2 nitrogen and oxygen atoms in total. The Kier molecular flexibility index (Phi) is 3.87. The third-order valence-electron chi connectivity index (χ3n) is 3.77. The Bertz CT molecular complexity index is 712. The summed E-state index contributed by atoms with van der Waals surface area (Å²) in [6, 6.07) is 10.9. The number of halogens is 3. The SMILES string of the molecule is CC(c1ccc(Cl)cc1)N1Cc2cc(Cl)cc(Cl)c2C1=O. The molecule has 3 rings (SSSR count). The number of carbonyl (C=O) groups is 1. The molecule has 1 atom stereocenters. The van der Waals surface area contributed by atoms with Crippen molar-refractivity contribution in [1.29, 1.82) is 0 Å². The maximum atomic E-state index is 12.6. The molecule has 0 saturated heterocycles. The van der Waals surface area contributed by atoms with E-state index in [1.54, 1.807) is 17.0 Å². The lowest BCUT2D eigenvalue weighted by Gasteiger charge is -2.24. The minimum absolute atomic E-state index is 0.0583. The molecule has 0 fully saturated rings. The van der Waals surface area contributed by atoms with E-state index in [9.17, 15) is 4.79 Å². The molecule has 0 bridgehead atoms. The molecule has 0 N–H and O–H groups in total. The molecule has 5 heteroatoms. The van der Waals surface area contributed by atoms with Gasteiger partial charge in [-0.3, -0.25) is 4.79 Å². The van der Waals surface area contributed by atoms with Crippen molar-refractivity contribution in [1.82, 2.24) is 4.90 Å². The molecule has 2 aromatic rings. The van der Waals surface area contributed by atoms with Gasteiger partial charge in [0.25, 0.3) is 5.91 Å². The molecular weight excluding hydrogens is 329 g/mol. The van der Waals surface area contributed by atoms with Gasteiger partial charge in [0.05, 0.1) is 16.6 Å². The van der Waals surface area contributed by atoms with E-state index in [1.807, 2.05) is 31.2 Å². The molecule has 21 heavy (non-hydrogen) atoms. The summed E-state index contributed by atoms with van der Waals surface area (Å²) in [7, 11) is 0. The molecule has 0 saturated carbocycles. The smallest absolute Gasteiger partial charge is 0.256 e. The van der Waals surface area contributed by atoms with E-state index in [0.29, 0.717) is 27.2 Å². The fraction of sp³-hybridized carbons (Fsp3) is 0.188. The predicted octanol–water partition coefficient (Wildman–Crippen LogP) is 5.36. The number of carbonyl (C=O) groups excluding carboxylic acids is 1. The van der Waals surface area contributed by atoms with Crippen LogP contribution >= 0.6 is 34.8 Å². The zero-order valence-electron chi connectivity index (χ0n) is 11.2. The van der Waals surface area contributed by atoms with E-state index >= 15 is 0 Å². The first-order valence-corrected chi connectivity index (χ1v) is 7.65. The zero-order valence-corrected chi connectivity index (χ0v) is 13.5. The van der Waals surface area contributed by atoms with Crippen molar-refractivity contribution >= 4 is 40.7 Å². The molecule has 108 valence electrons. The van der Waals surface area contributed by atoms with Crippen LogP contribution in [-0.4, -0.2) is 10.8 Å². The largest absolute Gasteiger partial charge is 0.327 e. The second-order valence-corrected chi connectivity index (χ2v) is 6.36. The van der Waals surface area contributed by atoms with E-state index < -0.39 is 0 Å². The van der Waals surface area contributed by atoms with Gasteiger partial charge in [0.2, 0.25) is 0 Å². The van der Waals surface area contributed by atoms with Gasteiger partial charge in [-0.15, -0.1) is 0 Å². The second-order valence-electron chi connectivity index (χ2n) is 5.08. The van der Waals surface area contributed by atoms with Gasteiger partial charge in [0, 0.05) is 16.6 Å². The summed E-state index contributed by atoms with van der Waals surface area (Å²) in [6.45, 7) is 2.50. The van der Waals surface area contributed by atoms with Crippen molar-refractivity contribution in [2.75, 3.05) is 0 Å². The third-order valence-corrected chi connectivity index (χ3v) is 4.54. The Morgan fingerprint density at radius 2 is 1.71 bits per heavy atom. The maximum Gasteiger partial charge on any atom is 0.256 e. The minimum Gasteiger partial charge on any atom is -0.327 e. The Morgan fingerprint density at radius 1 is 1.05 bits per heavy atom. The lowest BCUT2D eigenvalue weighted by Crippen LogP contribution is -2.27. The fourth-order valence-electron chi connectivity index (χ4n) is 2.62. The summed E-state index contributed by atoms with van der Waals surface area (Å²) in [4.78, 5) is 14.4. The minimum atomic E-state index is -0.0610. The molecule has 0 aliphatic carbocycles. The number of hydrogen-bond acceptors (Lipinski definition) is 1. The first-order valence-electron chi connectivity index (χ1n) is 6.51. The predicted molar refractivity (Wildman–Crippen MR) is 86.2 cm³/mol. The molecule has 0 spiro atoms. The number of rotatable bonds is 2. The maximum absolute atomic E-state index is 12.6. The third kappa shape index (κ3) is 2.64. The fourth-order valence-corrected chi connectivity index (χ4v) is 3.37. The van der Waals surface area contributed by atoms with Crippen LogP contribution in [0.5, 0.6) is 0 Å². The Hall–Kier alpha value is -1.22. The van der Waals surface area contributed by atoms with Crippen LogP contribution in [0.25, 0.3) is 0 Å². The van der Waals surface area contributed by atoms with E-state index in [-0.39, 0.29) is 11.9 Å². The highest BCUT2D eigenvalue weighted by molar-refractivity contribution is 6.37.